The molecule has 8 aliphatic carbocycles. The number of nitrogens with zero attached hydrogens (tertiary/aromatic N) is 7. The molecule has 0 aromatic rings. The predicted octanol–water partition coefficient (Wildman–Crippen LogP) is 27.2. The van der Waals surface area contributed by atoms with Crippen LogP contribution in [-0.4, -0.2) is 181 Å². The maximum Gasteiger partial charge on any atom is 0.211 e. The Labute approximate surface area is 695 Å². The molecule has 0 heterocycles. The second kappa shape index (κ2) is 66.5. The second-order valence-corrected chi connectivity index (χ2v) is 43.8. The van der Waals surface area contributed by atoms with E-state index in [1.165, 1.54) is 348 Å². The number of unbranched alkanes of at least 4 members (excludes halogenated alkanes) is 8. The van der Waals surface area contributed by atoms with Crippen molar-refractivity contribution in [2.75, 3.05) is 133 Å². The van der Waals surface area contributed by atoms with Gasteiger partial charge in [-0.2, -0.15) is 0 Å². The fourth-order valence-electron chi connectivity index (χ4n) is 15.3. The van der Waals surface area contributed by atoms with Crippen LogP contribution in [-0.2, 0) is 10.0 Å². The largest absolute Gasteiger partial charge is 0.306 e. The van der Waals surface area contributed by atoms with Crippen molar-refractivity contribution in [2.24, 2.45) is 101 Å². The van der Waals surface area contributed by atoms with Crippen LogP contribution in [0.2, 0.25) is 0 Å². The van der Waals surface area contributed by atoms with Crippen molar-refractivity contribution in [1.82, 2.24) is 33.7 Å². The SMILES string of the molecule is CC(C)C(C)CCCN(C)CC1CC1.CC(C)CCCCCCC1CC1.CC(C)CCCCN(C)CC1CC1.CC(C)CCCCN(C)CC1CC1.CC(C)CCCCN(CC1CC1)S(C)(=O)=O.CCC(CCCN(C)CC1CC1)C(C)C.CCN(CCCCC(C)C)C1CC1.CCN(CCCCC(C)C)CC1CC1. The molecule has 0 aliphatic heterocycles. The maximum atomic E-state index is 11.5. The average Bonchev–Trinajstić information content (AvgIpc) is 1.74. The van der Waals surface area contributed by atoms with Gasteiger partial charge in [0.1, 0.15) is 0 Å². The predicted molar refractivity (Wildman–Crippen MR) is 495 cm³/mol. The van der Waals surface area contributed by atoms with Gasteiger partial charge in [-0.15, -0.1) is 0 Å². The van der Waals surface area contributed by atoms with E-state index in [1.54, 1.807) is 4.31 Å². The van der Waals surface area contributed by atoms with Crippen LogP contribution < -0.4 is 0 Å². The molecule has 8 aliphatic rings. The molecule has 8 saturated carbocycles. The summed E-state index contributed by atoms with van der Waals surface area (Å²) in [5.41, 5.74) is 0. The van der Waals surface area contributed by atoms with Gasteiger partial charge in [0.2, 0.25) is 10.0 Å². The van der Waals surface area contributed by atoms with Crippen LogP contribution in [0, 0.1) is 101 Å². The summed E-state index contributed by atoms with van der Waals surface area (Å²) in [4.78, 5) is 15.4. The molecule has 0 saturated heterocycles. The number of sulfonamides is 1. The van der Waals surface area contributed by atoms with E-state index >= 15 is 0 Å². The van der Waals surface area contributed by atoms with Crippen molar-refractivity contribution in [2.45, 2.75) is 414 Å². The molecular formula is C100H207N7O2S. The Kier molecular flexibility index (Phi) is 65.1. The highest BCUT2D eigenvalue weighted by Crippen LogP contribution is 2.36. The average molecular weight is 1570 g/mol. The minimum Gasteiger partial charge on any atom is -0.306 e. The van der Waals surface area contributed by atoms with Crippen LogP contribution in [0.5, 0.6) is 0 Å². The molecule has 0 spiro atoms. The van der Waals surface area contributed by atoms with Gasteiger partial charge >= 0.3 is 0 Å². The van der Waals surface area contributed by atoms with Gasteiger partial charge < -0.3 is 29.4 Å². The Morgan fingerprint density at radius 1 is 0.291 bits per heavy atom. The van der Waals surface area contributed by atoms with E-state index in [4.69, 9.17) is 0 Å². The lowest BCUT2D eigenvalue weighted by Crippen LogP contribution is -2.32. The van der Waals surface area contributed by atoms with Gasteiger partial charge in [0.25, 0.3) is 0 Å². The van der Waals surface area contributed by atoms with Crippen LogP contribution in [0.4, 0.5) is 0 Å². The van der Waals surface area contributed by atoms with Crippen molar-refractivity contribution < 1.29 is 8.42 Å². The van der Waals surface area contributed by atoms with Crippen molar-refractivity contribution in [1.29, 1.82) is 0 Å². The maximum absolute atomic E-state index is 11.5. The zero-order chi connectivity index (χ0) is 82.2. The smallest absolute Gasteiger partial charge is 0.211 e. The van der Waals surface area contributed by atoms with Crippen LogP contribution in [0.1, 0.15) is 408 Å². The molecular weight excluding hydrogens is 1360 g/mol. The Hall–Kier alpha value is -0.330. The van der Waals surface area contributed by atoms with E-state index in [1.807, 2.05) is 0 Å². The van der Waals surface area contributed by atoms with Crippen LogP contribution in [0.3, 0.4) is 0 Å². The lowest BCUT2D eigenvalue weighted by atomic mass is 9.89. The second-order valence-electron chi connectivity index (χ2n) is 41.8. The number of hydrogen-bond donors (Lipinski definition) is 0. The Morgan fingerprint density at radius 3 is 0.909 bits per heavy atom. The summed E-state index contributed by atoms with van der Waals surface area (Å²) in [6, 6.07) is 0.962. The summed E-state index contributed by atoms with van der Waals surface area (Å²) in [6.45, 7) is 64.9. The van der Waals surface area contributed by atoms with E-state index in [-0.39, 0.29) is 0 Å². The van der Waals surface area contributed by atoms with E-state index in [0.717, 1.165) is 120 Å². The van der Waals surface area contributed by atoms with Crippen LogP contribution in [0.25, 0.3) is 0 Å². The zero-order valence-electron chi connectivity index (χ0n) is 80.1. The normalized spacial score (nSPS) is 17.7. The first-order valence-corrected chi connectivity index (χ1v) is 51.2. The van der Waals surface area contributed by atoms with Crippen molar-refractivity contribution in [3.05, 3.63) is 0 Å². The summed E-state index contributed by atoms with van der Waals surface area (Å²) < 4.78 is 24.8. The van der Waals surface area contributed by atoms with Gasteiger partial charge in [0.05, 0.1) is 6.26 Å². The van der Waals surface area contributed by atoms with Gasteiger partial charge in [-0.25, -0.2) is 12.7 Å². The fourth-order valence-corrected chi connectivity index (χ4v) is 16.2. The Balaban J connectivity index is 0.000000629. The molecule has 9 nitrogen and oxygen atoms in total. The summed E-state index contributed by atoms with van der Waals surface area (Å²) in [5.74, 6) is 15.7. The molecule has 8 rings (SSSR count). The van der Waals surface area contributed by atoms with Gasteiger partial charge in [-0.3, -0.25) is 0 Å². The minimum absolute atomic E-state index is 0.639. The molecule has 0 N–H and O–H groups in total. The molecule has 660 valence electrons. The molecule has 0 amide bonds. The minimum atomic E-state index is -2.99. The third-order valence-corrected chi connectivity index (χ3v) is 26.4. The highest BCUT2D eigenvalue weighted by molar-refractivity contribution is 7.88. The summed E-state index contributed by atoms with van der Waals surface area (Å²) >= 11 is 0. The molecule has 0 aromatic carbocycles. The van der Waals surface area contributed by atoms with Crippen LogP contribution >= 0.6 is 0 Å². The fraction of sp³-hybridized carbons (Fsp3) is 1.00. The highest BCUT2D eigenvalue weighted by atomic mass is 32.2. The molecule has 0 bridgehead atoms. The topological polar surface area (TPSA) is 56.8 Å². The van der Waals surface area contributed by atoms with E-state index < -0.39 is 10.0 Å². The van der Waals surface area contributed by atoms with E-state index in [0.29, 0.717) is 12.5 Å². The summed E-state index contributed by atoms with van der Waals surface area (Å²) in [6.07, 6.45) is 60.5. The van der Waals surface area contributed by atoms with Gasteiger partial charge in [0.15, 0.2) is 0 Å². The molecule has 10 heteroatoms. The number of hydrogen-bond acceptors (Lipinski definition) is 8. The van der Waals surface area contributed by atoms with Gasteiger partial charge in [0, 0.05) is 51.9 Å². The molecule has 0 radical (unpaired) electrons. The van der Waals surface area contributed by atoms with Crippen LogP contribution in [0.15, 0.2) is 0 Å². The van der Waals surface area contributed by atoms with Crippen molar-refractivity contribution in [3.63, 3.8) is 0 Å². The molecule has 2 atom stereocenters. The van der Waals surface area contributed by atoms with E-state index in [2.05, 4.69) is 196 Å². The molecule has 110 heavy (non-hydrogen) atoms. The quantitative estimate of drug-likeness (QED) is 0.0559. The molecule has 8 fully saturated rings. The lowest BCUT2D eigenvalue weighted by molar-refractivity contribution is 0.268. The first kappa shape index (κ1) is 108. The lowest BCUT2D eigenvalue weighted by Gasteiger charge is -2.21. The summed E-state index contributed by atoms with van der Waals surface area (Å²) in [5, 5.41) is 0. The molecule has 0 aromatic heterocycles. The first-order chi connectivity index (χ1) is 52.2. The zero-order valence-corrected chi connectivity index (χ0v) is 80.9. The molecule has 2 unspecified atom stereocenters. The summed E-state index contributed by atoms with van der Waals surface area (Å²) in [7, 11) is 6.12. The Bertz CT molecular complexity index is 2060. The third-order valence-electron chi connectivity index (χ3n) is 25.1. The van der Waals surface area contributed by atoms with Crippen molar-refractivity contribution >= 4 is 10.0 Å². The number of rotatable bonds is 59. The standard InChI is InChI=1S/C14H29N.2C13H27N.C12H25NO2S.3C12H25N.C12H24/c1-5-14(12(2)3)7-6-10-15(4)11-13-8-9-13;1-11(2)12(3)6-5-9-14(4)10-13-7-8-13;1-4-14(11-13-8-9-13)10-6-5-7-12(2)3;1-11(2)6-4-5-9-13(16(3,14)15)10-12-7-8-12;2*1-11(2)6-4-5-9-13(3)10-12-7-8-12;1-4-13(12-8-9-12)10-6-5-7-11(2)3;1-11(2)7-5-3-4-6-8-12-9-10-12/h12-14H,5-11H2,1-4H3;11-13H,5-10H2,1-4H3;12-13H,4-11H2,1-3H3;11-12H,4-10H2,1-3H3;3*11-12H,4-10H2,1-3H3;11-12H,3-10H2,1-2H3. The monoisotopic (exact) mass is 1570 g/mol. The third kappa shape index (κ3) is 75.2. The Morgan fingerprint density at radius 2 is 0.600 bits per heavy atom. The highest BCUT2D eigenvalue weighted by Gasteiger charge is 2.30. The van der Waals surface area contributed by atoms with E-state index in [9.17, 15) is 8.42 Å². The van der Waals surface area contributed by atoms with Crippen molar-refractivity contribution in [3.8, 4) is 0 Å². The first-order valence-electron chi connectivity index (χ1n) is 49.4. The van der Waals surface area contributed by atoms with Gasteiger partial charge in [-0.1, -0.05) is 260 Å². The van der Waals surface area contributed by atoms with Gasteiger partial charge in [-0.05, 0) is 329 Å².